The largest absolute Gasteiger partial charge is 0.512 e. The predicted molar refractivity (Wildman–Crippen MR) is 152 cm³/mol. The van der Waals surface area contributed by atoms with Crippen LogP contribution in [0.5, 0.6) is 5.88 Å². The fraction of sp³-hybridized carbons (Fsp3) is 0.828. The number of rotatable bonds is 17. The Morgan fingerprint density at radius 2 is 1.59 bits per heavy atom. The van der Waals surface area contributed by atoms with Crippen LogP contribution in [0.3, 0.4) is 0 Å². The Kier molecular flexibility index (Phi) is 13.9. The van der Waals surface area contributed by atoms with Crippen LogP contribution in [0.1, 0.15) is 117 Å². The summed E-state index contributed by atoms with van der Waals surface area (Å²) in [5.41, 5.74) is 1.69. The summed E-state index contributed by atoms with van der Waals surface area (Å²) in [5.74, 6) is 0.628. The van der Waals surface area contributed by atoms with E-state index in [4.69, 9.17) is 14.2 Å². The van der Waals surface area contributed by atoms with Crippen LogP contribution in [0.15, 0.2) is 6.08 Å². The highest BCUT2D eigenvalue weighted by Crippen LogP contribution is 2.37. The van der Waals surface area contributed by atoms with Crippen LogP contribution in [0, 0.1) is 5.41 Å². The van der Waals surface area contributed by atoms with Crippen LogP contribution in [0.4, 0.5) is 4.79 Å². The highest BCUT2D eigenvalue weighted by atomic mass is 32.1. The molecular weight excluding hydrogens is 486 g/mol. The molecule has 0 bridgehead atoms. The van der Waals surface area contributed by atoms with Crippen molar-refractivity contribution in [3.63, 3.8) is 0 Å². The molecule has 0 N–H and O–H groups in total. The highest BCUT2D eigenvalue weighted by molar-refractivity contribution is 6.99. The van der Waals surface area contributed by atoms with E-state index in [1.54, 1.807) is 0 Å². The molecule has 1 aliphatic heterocycles. The van der Waals surface area contributed by atoms with Crippen LogP contribution >= 0.6 is 11.7 Å². The first kappa shape index (κ1) is 31.5. The second-order valence-corrected chi connectivity index (χ2v) is 12.3. The number of quaternary nitrogens is 1. The van der Waals surface area contributed by atoms with Crippen molar-refractivity contribution in [3.8, 4) is 5.88 Å². The average molecular weight is 539 g/mol. The summed E-state index contributed by atoms with van der Waals surface area (Å²) in [6.45, 7) is 13.5. The highest BCUT2D eigenvalue weighted by Gasteiger charge is 2.46. The first-order valence-corrected chi connectivity index (χ1v) is 15.3. The molecule has 2 rings (SSSR count). The standard InChI is InChI=1S/C29H52N3O4S/c1-7-9-11-13-14-15-17-22-35-28(33)36-27(29(3,4)5)32(6)20-18-19-24(23-32)25-26(31-37-30-25)34-21-16-12-10-8-2/h19,27H,7-18,20-23H2,1-6H3/q+1. The zero-order chi connectivity index (χ0) is 27.2. The average Bonchev–Trinajstić information content (AvgIpc) is 3.32. The van der Waals surface area contributed by atoms with E-state index in [0.29, 0.717) is 30.1 Å². The number of carbonyl (C=O) groups excluding carboxylic acids is 1. The number of carbonyl (C=O) groups is 1. The quantitative estimate of drug-likeness (QED) is 0.114. The summed E-state index contributed by atoms with van der Waals surface area (Å²) in [6.07, 6.45) is 15.1. The normalized spacial score (nSPS) is 18.8. The van der Waals surface area contributed by atoms with Crippen molar-refractivity contribution in [1.29, 1.82) is 0 Å². The van der Waals surface area contributed by atoms with Gasteiger partial charge in [-0.05, 0) is 12.8 Å². The Bertz CT molecular complexity index is 820. The van der Waals surface area contributed by atoms with Crippen molar-refractivity contribution in [2.75, 3.05) is 33.4 Å². The van der Waals surface area contributed by atoms with E-state index in [0.717, 1.165) is 43.5 Å². The molecule has 2 heterocycles. The lowest BCUT2D eigenvalue weighted by molar-refractivity contribution is -0.954. The van der Waals surface area contributed by atoms with Crippen LogP contribution in [0.25, 0.3) is 5.57 Å². The monoisotopic (exact) mass is 538 g/mol. The summed E-state index contributed by atoms with van der Waals surface area (Å²) in [6, 6.07) is 0. The molecular formula is C29H52N3O4S+. The van der Waals surface area contributed by atoms with Gasteiger partial charge in [0.1, 0.15) is 12.2 Å². The Hall–Kier alpha value is -1.67. The van der Waals surface area contributed by atoms with E-state index < -0.39 is 6.16 Å². The molecule has 1 aliphatic rings. The number of hydrogen-bond donors (Lipinski definition) is 0. The molecule has 0 saturated heterocycles. The number of unbranched alkanes of at least 4 members (excludes halogenated alkanes) is 9. The fourth-order valence-corrected chi connectivity index (χ4v) is 5.72. The first-order chi connectivity index (χ1) is 17.7. The third-order valence-electron chi connectivity index (χ3n) is 7.04. The van der Waals surface area contributed by atoms with Crippen molar-refractivity contribution in [3.05, 3.63) is 11.8 Å². The Morgan fingerprint density at radius 3 is 2.27 bits per heavy atom. The topological polar surface area (TPSA) is 70.5 Å². The lowest BCUT2D eigenvalue weighted by Crippen LogP contribution is -2.61. The van der Waals surface area contributed by atoms with Crippen molar-refractivity contribution in [2.24, 2.45) is 5.41 Å². The fourth-order valence-electron chi connectivity index (χ4n) is 5.19. The van der Waals surface area contributed by atoms with Gasteiger partial charge >= 0.3 is 6.16 Å². The van der Waals surface area contributed by atoms with Gasteiger partial charge in [-0.3, -0.25) is 4.48 Å². The maximum absolute atomic E-state index is 12.7. The molecule has 1 aromatic heterocycles. The molecule has 8 heteroatoms. The first-order valence-electron chi connectivity index (χ1n) is 14.5. The number of aromatic nitrogens is 2. The van der Waals surface area contributed by atoms with Crippen LogP contribution in [-0.4, -0.2) is 59.0 Å². The molecule has 0 radical (unpaired) electrons. The molecule has 0 amide bonds. The Morgan fingerprint density at radius 1 is 0.973 bits per heavy atom. The van der Waals surface area contributed by atoms with E-state index in [2.05, 4.69) is 56.5 Å². The van der Waals surface area contributed by atoms with Gasteiger partial charge in [0.05, 0.1) is 43.9 Å². The van der Waals surface area contributed by atoms with Crippen molar-refractivity contribution in [1.82, 2.24) is 8.75 Å². The summed E-state index contributed by atoms with van der Waals surface area (Å²) in [7, 11) is 2.16. The third-order valence-corrected chi connectivity index (χ3v) is 7.56. The molecule has 0 aliphatic carbocycles. The maximum atomic E-state index is 12.7. The van der Waals surface area contributed by atoms with Crippen molar-refractivity contribution < 1.29 is 23.5 Å². The van der Waals surface area contributed by atoms with Crippen LogP contribution in [0.2, 0.25) is 0 Å². The van der Waals surface area contributed by atoms with E-state index in [-0.39, 0.29) is 11.6 Å². The lowest BCUT2D eigenvalue weighted by Gasteiger charge is -2.47. The minimum absolute atomic E-state index is 0.256. The van der Waals surface area contributed by atoms with Gasteiger partial charge in [0, 0.05) is 12.0 Å². The molecule has 1 aromatic rings. The SMILES string of the molecule is CCCCCCCCCOC(=O)OC(C(C)(C)C)[N+]1(C)CCC=C(c2nsnc2OCCCCCC)C1. The molecule has 2 atom stereocenters. The van der Waals surface area contributed by atoms with E-state index in [1.165, 1.54) is 63.1 Å². The van der Waals surface area contributed by atoms with Gasteiger partial charge in [-0.25, -0.2) is 4.79 Å². The van der Waals surface area contributed by atoms with Gasteiger partial charge in [-0.1, -0.05) is 98.5 Å². The number of likely N-dealkylation sites (N-methyl/N-ethyl adjacent to an activating group) is 1. The third kappa shape index (κ3) is 10.9. The molecule has 37 heavy (non-hydrogen) atoms. The summed E-state index contributed by atoms with van der Waals surface area (Å²) in [4.78, 5) is 12.7. The van der Waals surface area contributed by atoms with Crippen molar-refractivity contribution >= 4 is 23.5 Å². The van der Waals surface area contributed by atoms with E-state index in [1.807, 2.05) is 0 Å². The smallest absolute Gasteiger partial charge is 0.475 e. The molecule has 212 valence electrons. The summed E-state index contributed by atoms with van der Waals surface area (Å²) in [5, 5.41) is 0. The van der Waals surface area contributed by atoms with Gasteiger partial charge in [0.2, 0.25) is 6.23 Å². The second-order valence-electron chi connectivity index (χ2n) is 11.8. The zero-order valence-corrected chi connectivity index (χ0v) is 25.2. The molecule has 0 aromatic carbocycles. The van der Waals surface area contributed by atoms with Gasteiger partial charge in [0.25, 0.3) is 5.88 Å². The predicted octanol–water partition coefficient (Wildman–Crippen LogP) is 8.01. The number of ether oxygens (including phenoxy) is 3. The Labute approximate surface area is 229 Å². The van der Waals surface area contributed by atoms with Gasteiger partial charge in [0.15, 0.2) is 0 Å². The van der Waals surface area contributed by atoms with Crippen LogP contribution < -0.4 is 4.74 Å². The zero-order valence-electron chi connectivity index (χ0n) is 24.4. The molecule has 2 unspecified atom stereocenters. The van der Waals surface area contributed by atoms with E-state index >= 15 is 0 Å². The van der Waals surface area contributed by atoms with Crippen LogP contribution in [-0.2, 0) is 9.47 Å². The van der Waals surface area contributed by atoms with Gasteiger partial charge < -0.3 is 14.2 Å². The second kappa shape index (κ2) is 16.3. The van der Waals surface area contributed by atoms with Gasteiger partial charge in [-0.2, -0.15) is 4.37 Å². The summed E-state index contributed by atoms with van der Waals surface area (Å²) >= 11 is 1.19. The molecule has 0 saturated carbocycles. The minimum Gasteiger partial charge on any atom is -0.475 e. The lowest BCUT2D eigenvalue weighted by atomic mass is 9.90. The number of nitrogens with zero attached hydrogens (tertiary/aromatic N) is 3. The number of hydrogen-bond acceptors (Lipinski definition) is 7. The molecule has 0 fully saturated rings. The molecule has 0 spiro atoms. The Balaban J connectivity index is 1.94. The van der Waals surface area contributed by atoms with Gasteiger partial charge in [-0.15, -0.1) is 4.37 Å². The molecule has 7 nitrogen and oxygen atoms in total. The van der Waals surface area contributed by atoms with Crippen molar-refractivity contribution in [2.45, 2.75) is 118 Å². The maximum Gasteiger partial charge on any atom is 0.512 e. The summed E-state index contributed by atoms with van der Waals surface area (Å²) < 4.78 is 27.1. The van der Waals surface area contributed by atoms with E-state index in [9.17, 15) is 4.79 Å². The minimum atomic E-state index is -0.562.